The molecule has 0 aliphatic heterocycles. The molecule has 1 aromatic rings. The van der Waals surface area contributed by atoms with Gasteiger partial charge in [0.1, 0.15) is 5.41 Å². The minimum absolute atomic E-state index is 0.414. The summed E-state index contributed by atoms with van der Waals surface area (Å²) in [5.74, 6) is -1.48. The summed E-state index contributed by atoms with van der Waals surface area (Å²) in [6.07, 6.45) is 1.62. The molecule has 2 N–H and O–H groups in total. The molecule has 0 aromatic carbocycles. The minimum Gasteiger partial charge on any atom is -0.480 e. The molecule has 1 amide bonds. The van der Waals surface area contributed by atoms with E-state index < -0.39 is 17.3 Å². The number of rotatable bonds is 3. The molecule has 5 nitrogen and oxygen atoms in total. The van der Waals surface area contributed by atoms with Crippen LogP contribution in [0.25, 0.3) is 0 Å². The molecule has 1 aromatic heterocycles. The fourth-order valence-electron chi connectivity index (χ4n) is 1.81. The lowest BCUT2D eigenvalue weighted by Crippen LogP contribution is -2.48. The van der Waals surface area contributed by atoms with Gasteiger partial charge in [0.05, 0.1) is 5.69 Å². The summed E-state index contributed by atoms with van der Waals surface area (Å²) < 4.78 is 0. The van der Waals surface area contributed by atoms with Crippen molar-refractivity contribution < 1.29 is 14.7 Å². The Labute approximate surface area is 103 Å². The molecule has 1 fully saturated rings. The van der Waals surface area contributed by atoms with Gasteiger partial charge in [-0.15, -0.1) is 11.3 Å². The Morgan fingerprint density at radius 2 is 2.06 bits per heavy atom. The van der Waals surface area contributed by atoms with Gasteiger partial charge >= 0.3 is 5.97 Å². The molecule has 0 unspecified atom stereocenters. The Hall–Kier alpha value is -1.43. The number of nitrogens with one attached hydrogen (secondary N) is 1. The van der Waals surface area contributed by atoms with Crippen LogP contribution in [0, 0.1) is 19.3 Å². The average Bonchev–Trinajstić information content (AvgIpc) is 2.42. The van der Waals surface area contributed by atoms with Gasteiger partial charge in [0.25, 0.3) is 0 Å². The molecule has 2 rings (SSSR count). The lowest BCUT2D eigenvalue weighted by atomic mass is 9.68. The van der Waals surface area contributed by atoms with E-state index in [-0.39, 0.29) is 0 Å². The molecule has 0 atom stereocenters. The molecular weight excluding hydrogens is 240 g/mol. The number of aryl methyl sites for hydroxylation is 2. The van der Waals surface area contributed by atoms with Gasteiger partial charge in [-0.25, -0.2) is 4.98 Å². The lowest BCUT2D eigenvalue weighted by Gasteiger charge is -2.35. The number of nitrogens with zero attached hydrogens (tertiary/aromatic N) is 1. The van der Waals surface area contributed by atoms with Gasteiger partial charge in [-0.05, 0) is 26.7 Å². The number of thiazole rings is 1. The van der Waals surface area contributed by atoms with Crippen molar-refractivity contribution >= 4 is 28.3 Å². The summed E-state index contributed by atoms with van der Waals surface area (Å²) in [4.78, 5) is 28.3. The van der Waals surface area contributed by atoms with Crippen molar-refractivity contribution in [1.29, 1.82) is 0 Å². The quantitative estimate of drug-likeness (QED) is 0.808. The monoisotopic (exact) mass is 254 g/mol. The van der Waals surface area contributed by atoms with Crippen LogP contribution < -0.4 is 5.32 Å². The van der Waals surface area contributed by atoms with Crippen LogP contribution in [0.1, 0.15) is 29.8 Å². The Balaban J connectivity index is 2.14. The molecule has 0 radical (unpaired) electrons. The third kappa shape index (κ3) is 1.93. The zero-order chi connectivity index (χ0) is 12.6. The molecule has 6 heteroatoms. The second kappa shape index (κ2) is 4.10. The third-order valence-corrected chi connectivity index (χ3v) is 4.29. The first kappa shape index (κ1) is 12.0. The van der Waals surface area contributed by atoms with Crippen molar-refractivity contribution in [2.45, 2.75) is 33.1 Å². The van der Waals surface area contributed by atoms with Crippen LogP contribution in [0.5, 0.6) is 0 Å². The maximum atomic E-state index is 12.0. The van der Waals surface area contributed by atoms with Gasteiger partial charge in [-0.1, -0.05) is 6.42 Å². The Bertz CT molecular complexity index is 458. The summed E-state index contributed by atoms with van der Waals surface area (Å²) in [5, 5.41) is 12.2. The van der Waals surface area contributed by atoms with E-state index in [4.69, 9.17) is 5.11 Å². The first-order valence-electron chi connectivity index (χ1n) is 5.44. The SMILES string of the molecule is Cc1nc(NC(=O)C2(C(=O)O)CCC2)sc1C. The number of carbonyl (C=O) groups excluding carboxylic acids is 1. The molecule has 1 heterocycles. The highest BCUT2D eigenvalue weighted by Crippen LogP contribution is 2.42. The van der Waals surface area contributed by atoms with Gasteiger partial charge in [0.15, 0.2) is 5.13 Å². The molecule has 92 valence electrons. The summed E-state index contributed by atoms with van der Waals surface area (Å²) in [5.41, 5.74) is -0.365. The molecule has 0 bridgehead atoms. The van der Waals surface area contributed by atoms with E-state index in [2.05, 4.69) is 10.3 Å². The normalized spacial score (nSPS) is 17.3. The van der Waals surface area contributed by atoms with Crippen molar-refractivity contribution in [3.8, 4) is 0 Å². The van der Waals surface area contributed by atoms with E-state index in [0.717, 1.165) is 17.0 Å². The van der Waals surface area contributed by atoms with Crippen LogP contribution >= 0.6 is 11.3 Å². The molecule has 1 saturated carbocycles. The highest BCUT2D eigenvalue weighted by atomic mass is 32.1. The van der Waals surface area contributed by atoms with Crippen LogP contribution in [0.3, 0.4) is 0 Å². The smallest absolute Gasteiger partial charge is 0.319 e. The largest absolute Gasteiger partial charge is 0.480 e. The van der Waals surface area contributed by atoms with Crippen molar-refractivity contribution in [3.63, 3.8) is 0 Å². The maximum absolute atomic E-state index is 12.0. The number of aromatic nitrogens is 1. The van der Waals surface area contributed by atoms with E-state index in [0.29, 0.717) is 18.0 Å². The van der Waals surface area contributed by atoms with Crippen LogP contribution in [0.15, 0.2) is 0 Å². The summed E-state index contributed by atoms with van der Waals surface area (Å²) in [7, 11) is 0. The molecule has 1 aliphatic rings. The number of hydrogen-bond donors (Lipinski definition) is 2. The van der Waals surface area contributed by atoms with E-state index in [1.165, 1.54) is 11.3 Å². The highest BCUT2D eigenvalue weighted by Gasteiger charge is 2.51. The van der Waals surface area contributed by atoms with Gasteiger partial charge in [-0.2, -0.15) is 0 Å². The number of anilines is 1. The fraction of sp³-hybridized carbons (Fsp3) is 0.545. The second-order valence-electron chi connectivity index (χ2n) is 4.36. The first-order valence-corrected chi connectivity index (χ1v) is 6.26. The number of carbonyl (C=O) groups is 2. The molecule has 1 aliphatic carbocycles. The number of carboxylic acids is 1. The number of hydrogen-bond acceptors (Lipinski definition) is 4. The Morgan fingerprint density at radius 1 is 1.41 bits per heavy atom. The molecule has 17 heavy (non-hydrogen) atoms. The molecule has 0 saturated heterocycles. The molecule has 0 spiro atoms. The predicted molar refractivity (Wildman–Crippen MR) is 64.1 cm³/mol. The van der Waals surface area contributed by atoms with Crippen LogP contribution in [0.4, 0.5) is 5.13 Å². The van der Waals surface area contributed by atoms with Crippen molar-refractivity contribution in [1.82, 2.24) is 4.98 Å². The number of carboxylic acid groups (broad SMARTS) is 1. The van der Waals surface area contributed by atoms with Crippen LogP contribution in [0.2, 0.25) is 0 Å². The lowest BCUT2D eigenvalue weighted by molar-refractivity contribution is -0.159. The second-order valence-corrected chi connectivity index (χ2v) is 5.56. The summed E-state index contributed by atoms with van der Waals surface area (Å²) >= 11 is 1.37. The summed E-state index contributed by atoms with van der Waals surface area (Å²) in [6, 6.07) is 0. The Morgan fingerprint density at radius 3 is 2.41 bits per heavy atom. The zero-order valence-corrected chi connectivity index (χ0v) is 10.6. The maximum Gasteiger partial charge on any atom is 0.319 e. The van der Waals surface area contributed by atoms with Crippen LogP contribution in [-0.2, 0) is 9.59 Å². The Kier molecular flexibility index (Phi) is 2.91. The zero-order valence-electron chi connectivity index (χ0n) is 9.74. The van der Waals surface area contributed by atoms with E-state index in [1.807, 2.05) is 13.8 Å². The van der Waals surface area contributed by atoms with Crippen LogP contribution in [-0.4, -0.2) is 22.0 Å². The standard InChI is InChI=1S/C11H14N2O3S/c1-6-7(2)17-10(12-6)13-8(14)11(9(15)16)4-3-5-11/h3-5H2,1-2H3,(H,15,16)(H,12,13,14). The minimum atomic E-state index is -1.23. The van der Waals surface area contributed by atoms with E-state index >= 15 is 0 Å². The van der Waals surface area contributed by atoms with Crippen molar-refractivity contribution in [3.05, 3.63) is 10.6 Å². The average molecular weight is 254 g/mol. The molecular formula is C11H14N2O3S. The van der Waals surface area contributed by atoms with E-state index in [1.54, 1.807) is 0 Å². The van der Waals surface area contributed by atoms with Crippen molar-refractivity contribution in [2.24, 2.45) is 5.41 Å². The fourth-order valence-corrected chi connectivity index (χ4v) is 2.62. The highest BCUT2D eigenvalue weighted by molar-refractivity contribution is 7.15. The summed E-state index contributed by atoms with van der Waals surface area (Å²) in [6.45, 7) is 3.77. The topological polar surface area (TPSA) is 79.3 Å². The predicted octanol–water partition coefficient (Wildman–Crippen LogP) is 1.95. The van der Waals surface area contributed by atoms with E-state index in [9.17, 15) is 9.59 Å². The first-order chi connectivity index (χ1) is 7.95. The van der Waals surface area contributed by atoms with Gasteiger partial charge in [-0.3, -0.25) is 9.59 Å². The van der Waals surface area contributed by atoms with Gasteiger partial charge < -0.3 is 10.4 Å². The number of amides is 1. The van der Waals surface area contributed by atoms with Crippen molar-refractivity contribution in [2.75, 3.05) is 5.32 Å². The third-order valence-electron chi connectivity index (χ3n) is 3.30. The van der Waals surface area contributed by atoms with Gasteiger partial charge in [0, 0.05) is 4.88 Å². The van der Waals surface area contributed by atoms with Gasteiger partial charge in [0.2, 0.25) is 5.91 Å². The number of aliphatic carboxylic acids is 1.